The highest BCUT2D eigenvalue weighted by molar-refractivity contribution is 6.43. The summed E-state index contributed by atoms with van der Waals surface area (Å²) in [5.74, 6) is -0.156. The highest BCUT2D eigenvalue weighted by atomic mass is 35.5. The zero-order chi connectivity index (χ0) is 13.1. The average Bonchev–Trinajstić information content (AvgIpc) is 2.39. The van der Waals surface area contributed by atoms with Gasteiger partial charge in [0.05, 0.1) is 0 Å². The molecule has 1 aromatic rings. The lowest BCUT2D eigenvalue weighted by molar-refractivity contribution is 0.0718. The van der Waals surface area contributed by atoms with Crippen LogP contribution in [0.2, 0.25) is 10.8 Å². The lowest BCUT2D eigenvalue weighted by atomic mass is 9.67. The molecule has 0 atom stereocenters. The molecule has 2 N–H and O–H groups in total. The SMILES string of the molecule is O=C(c1ccc(Cl)cc1)N1CCC(B(O)O)CC1. The molecule has 0 spiro atoms. The summed E-state index contributed by atoms with van der Waals surface area (Å²) in [7, 11) is -1.28. The van der Waals surface area contributed by atoms with Gasteiger partial charge in [-0.25, -0.2) is 0 Å². The van der Waals surface area contributed by atoms with Gasteiger partial charge in [0.15, 0.2) is 0 Å². The van der Waals surface area contributed by atoms with E-state index in [9.17, 15) is 4.79 Å². The highest BCUT2D eigenvalue weighted by Gasteiger charge is 2.30. The molecule has 18 heavy (non-hydrogen) atoms. The van der Waals surface area contributed by atoms with Crippen LogP contribution in [0.1, 0.15) is 23.2 Å². The van der Waals surface area contributed by atoms with E-state index in [0.29, 0.717) is 36.5 Å². The normalized spacial score (nSPS) is 16.7. The lowest BCUT2D eigenvalue weighted by Crippen LogP contribution is -2.40. The molecule has 0 unspecified atom stereocenters. The molecule has 0 aromatic heterocycles. The number of amides is 1. The molecule has 96 valence electrons. The minimum absolute atomic E-state index is 0.0300. The topological polar surface area (TPSA) is 60.8 Å². The van der Waals surface area contributed by atoms with E-state index in [1.807, 2.05) is 0 Å². The van der Waals surface area contributed by atoms with Crippen molar-refractivity contribution in [1.82, 2.24) is 4.90 Å². The first-order chi connectivity index (χ1) is 8.58. The monoisotopic (exact) mass is 267 g/mol. The van der Waals surface area contributed by atoms with Crippen LogP contribution in [0.5, 0.6) is 0 Å². The smallest absolute Gasteiger partial charge is 0.427 e. The Balaban J connectivity index is 1.97. The predicted molar refractivity (Wildman–Crippen MR) is 70.5 cm³/mol. The van der Waals surface area contributed by atoms with Crippen LogP contribution < -0.4 is 0 Å². The molecule has 2 rings (SSSR count). The Labute approximate surface area is 111 Å². The van der Waals surface area contributed by atoms with Crippen LogP contribution in [-0.2, 0) is 0 Å². The van der Waals surface area contributed by atoms with Crippen molar-refractivity contribution in [3.05, 3.63) is 34.9 Å². The van der Waals surface area contributed by atoms with Gasteiger partial charge in [0.1, 0.15) is 0 Å². The summed E-state index contributed by atoms with van der Waals surface area (Å²) in [5.41, 5.74) is 0.613. The third kappa shape index (κ3) is 3.04. The number of carbonyl (C=O) groups is 1. The molecule has 1 aliphatic heterocycles. The van der Waals surface area contributed by atoms with Gasteiger partial charge in [0.2, 0.25) is 0 Å². The number of hydrogen-bond acceptors (Lipinski definition) is 3. The van der Waals surface area contributed by atoms with Crippen molar-refractivity contribution in [3.63, 3.8) is 0 Å². The van der Waals surface area contributed by atoms with E-state index < -0.39 is 7.12 Å². The molecule has 1 amide bonds. The molecule has 4 nitrogen and oxygen atoms in total. The highest BCUT2D eigenvalue weighted by Crippen LogP contribution is 2.25. The van der Waals surface area contributed by atoms with Gasteiger partial charge in [-0.15, -0.1) is 0 Å². The summed E-state index contributed by atoms with van der Waals surface area (Å²) in [5, 5.41) is 18.8. The van der Waals surface area contributed by atoms with Crippen molar-refractivity contribution in [2.75, 3.05) is 13.1 Å². The predicted octanol–water partition coefficient (Wildman–Crippen LogP) is 1.42. The molecule has 1 aromatic carbocycles. The third-order valence-electron chi connectivity index (χ3n) is 3.34. The molecule has 6 heteroatoms. The lowest BCUT2D eigenvalue weighted by Gasteiger charge is -2.31. The van der Waals surface area contributed by atoms with Crippen molar-refractivity contribution >= 4 is 24.6 Å². The van der Waals surface area contributed by atoms with E-state index in [1.54, 1.807) is 29.2 Å². The fraction of sp³-hybridized carbons (Fsp3) is 0.417. The first-order valence-electron chi connectivity index (χ1n) is 5.99. The van der Waals surface area contributed by atoms with Crippen molar-refractivity contribution in [1.29, 1.82) is 0 Å². The number of likely N-dealkylation sites (tertiary alicyclic amines) is 1. The molecule has 1 fully saturated rings. The van der Waals surface area contributed by atoms with E-state index in [4.69, 9.17) is 21.6 Å². The first-order valence-corrected chi connectivity index (χ1v) is 6.36. The molecule has 1 aliphatic rings. The summed E-state index contributed by atoms with van der Waals surface area (Å²) < 4.78 is 0. The fourth-order valence-electron chi connectivity index (χ4n) is 2.18. The quantitative estimate of drug-likeness (QED) is 0.797. The fourth-order valence-corrected chi connectivity index (χ4v) is 2.30. The van der Waals surface area contributed by atoms with Crippen molar-refractivity contribution in [2.24, 2.45) is 0 Å². The van der Waals surface area contributed by atoms with Crippen molar-refractivity contribution in [2.45, 2.75) is 18.7 Å². The van der Waals surface area contributed by atoms with Gasteiger partial charge in [-0.1, -0.05) is 11.6 Å². The van der Waals surface area contributed by atoms with E-state index in [1.165, 1.54) is 0 Å². The molecule has 0 bridgehead atoms. The van der Waals surface area contributed by atoms with Crippen LogP contribution in [0.25, 0.3) is 0 Å². The van der Waals surface area contributed by atoms with E-state index in [0.717, 1.165) is 0 Å². The van der Waals surface area contributed by atoms with Crippen LogP contribution in [0.15, 0.2) is 24.3 Å². The van der Waals surface area contributed by atoms with Gasteiger partial charge in [-0.2, -0.15) is 0 Å². The van der Waals surface area contributed by atoms with Crippen LogP contribution in [0, 0.1) is 0 Å². The Morgan fingerprint density at radius 1 is 1.22 bits per heavy atom. The Hall–Kier alpha value is -1.04. The maximum Gasteiger partial charge on any atom is 0.454 e. The van der Waals surface area contributed by atoms with Crippen LogP contribution in [0.3, 0.4) is 0 Å². The summed E-state index contributed by atoms with van der Waals surface area (Å²) in [6, 6.07) is 6.80. The summed E-state index contributed by atoms with van der Waals surface area (Å²) in [6.45, 7) is 1.12. The van der Waals surface area contributed by atoms with Crippen LogP contribution >= 0.6 is 11.6 Å². The second kappa shape index (κ2) is 5.74. The van der Waals surface area contributed by atoms with Crippen molar-refractivity contribution < 1.29 is 14.8 Å². The molecule has 0 aliphatic carbocycles. The number of nitrogens with zero attached hydrogens (tertiary/aromatic N) is 1. The van der Waals surface area contributed by atoms with Gasteiger partial charge >= 0.3 is 7.12 Å². The second-order valence-electron chi connectivity index (χ2n) is 4.55. The largest absolute Gasteiger partial charge is 0.454 e. The minimum Gasteiger partial charge on any atom is -0.427 e. The number of benzene rings is 1. The van der Waals surface area contributed by atoms with Gasteiger partial charge in [0.25, 0.3) is 5.91 Å². The third-order valence-corrected chi connectivity index (χ3v) is 3.59. The van der Waals surface area contributed by atoms with Crippen molar-refractivity contribution in [3.8, 4) is 0 Å². The van der Waals surface area contributed by atoms with E-state index >= 15 is 0 Å². The van der Waals surface area contributed by atoms with Crippen LogP contribution in [-0.4, -0.2) is 41.1 Å². The number of halogens is 1. The molecular weight excluding hydrogens is 252 g/mol. The Morgan fingerprint density at radius 3 is 2.28 bits per heavy atom. The maximum absolute atomic E-state index is 12.1. The Bertz CT molecular complexity index is 416. The maximum atomic E-state index is 12.1. The van der Waals surface area contributed by atoms with Gasteiger partial charge in [0, 0.05) is 23.7 Å². The Kier molecular flexibility index (Phi) is 4.27. The molecule has 1 heterocycles. The second-order valence-corrected chi connectivity index (χ2v) is 4.99. The number of hydrogen-bond donors (Lipinski definition) is 2. The standard InChI is InChI=1S/C12H15BClNO3/c14-11-3-1-9(2-4-11)12(16)15-7-5-10(6-8-15)13(17)18/h1-4,10,17-18H,5-8H2. The molecular formula is C12H15BClNO3. The number of carbonyl (C=O) groups excluding carboxylic acids is 1. The Morgan fingerprint density at radius 2 is 1.78 bits per heavy atom. The summed E-state index contributed by atoms with van der Waals surface area (Å²) >= 11 is 5.78. The molecule has 0 radical (unpaired) electrons. The number of rotatable bonds is 2. The van der Waals surface area contributed by atoms with E-state index in [-0.39, 0.29) is 11.7 Å². The summed E-state index contributed by atoms with van der Waals surface area (Å²) in [6.07, 6.45) is 1.24. The summed E-state index contributed by atoms with van der Waals surface area (Å²) in [4.78, 5) is 13.9. The number of piperidine rings is 1. The molecule has 0 saturated carbocycles. The van der Waals surface area contributed by atoms with Crippen LogP contribution in [0.4, 0.5) is 0 Å². The van der Waals surface area contributed by atoms with Gasteiger partial charge in [-0.05, 0) is 42.9 Å². The zero-order valence-electron chi connectivity index (χ0n) is 9.92. The first kappa shape index (κ1) is 13.4. The minimum atomic E-state index is -1.28. The van der Waals surface area contributed by atoms with E-state index in [2.05, 4.69) is 0 Å². The zero-order valence-corrected chi connectivity index (χ0v) is 10.7. The van der Waals surface area contributed by atoms with Gasteiger partial charge in [-0.3, -0.25) is 4.79 Å². The van der Waals surface area contributed by atoms with Gasteiger partial charge < -0.3 is 14.9 Å². The molecule has 1 saturated heterocycles. The average molecular weight is 268 g/mol.